The summed E-state index contributed by atoms with van der Waals surface area (Å²) >= 11 is 5.98. The lowest BCUT2D eigenvalue weighted by Gasteiger charge is -2.32. The van der Waals surface area contributed by atoms with Crippen LogP contribution in [0.15, 0.2) is 83.8 Å². The number of carbonyl (C=O) groups excluding carboxylic acids is 1. The van der Waals surface area contributed by atoms with E-state index in [4.69, 9.17) is 16.7 Å². The number of likely N-dealkylation sites (N-methyl/N-ethyl adjacent to an activating group) is 1. The first-order valence-electron chi connectivity index (χ1n) is 14.0. The number of sulfonamides is 1. The molecule has 10 heteroatoms. The molecule has 220 valence electrons. The molecule has 1 heterocycles. The Hall–Kier alpha value is -2.95. The molecule has 0 saturated carbocycles. The normalized spacial score (nSPS) is 14.7. The maximum Gasteiger partial charge on any atom is 0.326 e. The molecule has 1 fully saturated rings. The van der Waals surface area contributed by atoms with Gasteiger partial charge in [-0.2, -0.15) is 4.31 Å². The fourth-order valence-electron chi connectivity index (χ4n) is 5.12. The molecule has 41 heavy (non-hydrogen) atoms. The molecule has 2 amide bonds. The monoisotopic (exact) mass is 598 g/mol. The first kappa shape index (κ1) is 31.0. The Labute approximate surface area is 248 Å². The average molecular weight is 599 g/mol. The summed E-state index contributed by atoms with van der Waals surface area (Å²) in [6.45, 7) is 3.39. The number of aliphatic hydroxyl groups excluding tert-OH is 1. The number of nitrogens with one attached hydrogen (secondary N) is 1. The van der Waals surface area contributed by atoms with Gasteiger partial charge < -0.3 is 15.3 Å². The molecule has 1 saturated heterocycles. The first-order valence-corrected chi connectivity index (χ1v) is 15.9. The van der Waals surface area contributed by atoms with Crippen molar-refractivity contribution in [2.75, 3.05) is 56.6 Å². The zero-order valence-electron chi connectivity index (χ0n) is 23.5. The molecule has 0 aliphatic carbocycles. The largest absolute Gasteiger partial charge is 0.395 e. The number of nitrogens with zero attached hydrogens (tertiary/aromatic N) is 3. The Kier molecular flexibility index (Phi) is 11.2. The number of piperidine rings is 1. The van der Waals surface area contributed by atoms with Gasteiger partial charge in [-0.25, -0.2) is 13.2 Å². The molecular formula is C31H39ClN4O4S. The Balaban J connectivity index is 1.25. The summed E-state index contributed by atoms with van der Waals surface area (Å²) in [6, 6.07) is 23.8. The van der Waals surface area contributed by atoms with Crippen molar-refractivity contribution in [2.24, 2.45) is 5.92 Å². The van der Waals surface area contributed by atoms with Crippen molar-refractivity contribution in [3.63, 3.8) is 0 Å². The van der Waals surface area contributed by atoms with E-state index in [1.165, 1.54) is 11.4 Å². The number of hydrogen-bond acceptors (Lipinski definition) is 5. The van der Waals surface area contributed by atoms with Crippen LogP contribution in [0.1, 0.15) is 24.8 Å². The lowest BCUT2D eigenvalue weighted by molar-refractivity contribution is 0.183. The highest BCUT2D eigenvalue weighted by Crippen LogP contribution is 2.24. The number of likely N-dealkylation sites (tertiary alicyclic amines) is 1. The van der Waals surface area contributed by atoms with Crippen LogP contribution in [-0.4, -0.2) is 75.1 Å². The van der Waals surface area contributed by atoms with Gasteiger partial charge in [-0.3, -0.25) is 4.90 Å². The highest BCUT2D eigenvalue weighted by Gasteiger charge is 2.23. The van der Waals surface area contributed by atoms with Crippen LogP contribution in [0.4, 0.5) is 16.2 Å². The number of aliphatic hydroxyl groups is 1. The third-order valence-corrected chi connectivity index (χ3v) is 9.67. The minimum atomic E-state index is -3.58. The molecule has 3 aromatic carbocycles. The predicted octanol–water partition coefficient (Wildman–Crippen LogP) is 5.34. The summed E-state index contributed by atoms with van der Waals surface area (Å²) in [4.78, 5) is 17.7. The zero-order valence-corrected chi connectivity index (χ0v) is 25.0. The van der Waals surface area contributed by atoms with Crippen molar-refractivity contribution in [3.8, 4) is 0 Å². The van der Waals surface area contributed by atoms with Crippen LogP contribution in [0.5, 0.6) is 0 Å². The summed E-state index contributed by atoms with van der Waals surface area (Å²) in [5, 5.41) is 12.7. The van der Waals surface area contributed by atoms with E-state index in [1.807, 2.05) is 42.5 Å². The second-order valence-corrected chi connectivity index (χ2v) is 12.9. The van der Waals surface area contributed by atoms with Crippen molar-refractivity contribution in [1.82, 2.24) is 9.21 Å². The predicted molar refractivity (Wildman–Crippen MR) is 165 cm³/mol. The van der Waals surface area contributed by atoms with E-state index in [1.54, 1.807) is 41.3 Å². The van der Waals surface area contributed by atoms with Gasteiger partial charge in [-0.15, -0.1) is 0 Å². The van der Waals surface area contributed by atoms with Gasteiger partial charge in [0.2, 0.25) is 10.0 Å². The number of halogens is 1. The molecule has 1 aliphatic heterocycles. The lowest BCUT2D eigenvalue weighted by Crippen LogP contribution is -2.39. The molecule has 8 nitrogen and oxygen atoms in total. The van der Waals surface area contributed by atoms with Crippen LogP contribution in [0.2, 0.25) is 5.02 Å². The fourth-order valence-corrected chi connectivity index (χ4v) is 6.41. The number of urea groups is 1. The van der Waals surface area contributed by atoms with E-state index in [-0.39, 0.29) is 24.1 Å². The van der Waals surface area contributed by atoms with Gasteiger partial charge in [0, 0.05) is 36.5 Å². The Bertz CT molecular complexity index is 1350. The highest BCUT2D eigenvalue weighted by atomic mass is 35.5. The minimum absolute atomic E-state index is 0.0730. The number of anilines is 2. The molecule has 0 unspecified atom stereocenters. The van der Waals surface area contributed by atoms with E-state index in [0.29, 0.717) is 23.2 Å². The average Bonchev–Trinajstić information content (AvgIpc) is 2.98. The molecule has 0 spiro atoms. The van der Waals surface area contributed by atoms with Crippen molar-refractivity contribution >= 4 is 39.0 Å². The van der Waals surface area contributed by atoms with Crippen LogP contribution < -0.4 is 10.2 Å². The minimum Gasteiger partial charge on any atom is -0.395 e. The fraction of sp³-hybridized carbons (Fsp3) is 0.387. The van der Waals surface area contributed by atoms with Crippen molar-refractivity contribution < 1.29 is 18.3 Å². The summed E-state index contributed by atoms with van der Waals surface area (Å²) in [5.74, 6) is 0.553. The molecule has 0 atom stereocenters. The maximum atomic E-state index is 13.2. The van der Waals surface area contributed by atoms with Crippen LogP contribution >= 0.6 is 11.6 Å². The standard InChI is InChI=1S/C31H39ClN4O4S/c1-34(22-23-37)41(39,40)30-14-8-25(9-15-30)24-26-16-20-35(21-17-26)18-5-19-36(29-6-3-2-4-7-29)31(38)33-28-12-10-27(32)11-13-28/h2-4,6-15,26,37H,5,16-24H2,1H3,(H,33,38). The van der Waals surface area contributed by atoms with Crippen molar-refractivity contribution in [3.05, 3.63) is 89.4 Å². The SMILES string of the molecule is CN(CCO)S(=O)(=O)c1ccc(CC2CCN(CCCN(C(=O)Nc3ccc(Cl)cc3)c3ccccc3)CC2)cc1. The molecule has 0 bridgehead atoms. The van der Waals surface area contributed by atoms with E-state index in [0.717, 1.165) is 56.6 Å². The number of hydrogen-bond donors (Lipinski definition) is 2. The van der Waals surface area contributed by atoms with Gasteiger partial charge in [0.25, 0.3) is 0 Å². The summed E-state index contributed by atoms with van der Waals surface area (Å²) in [7, 11) is -2.11. The molecule has 2 N–H and O–H groups in total. The van der Waals surface area contributed by atoms with Crippen LogP contribution in [0.25, 0.3) is 0 Å². The maximum absolute atomic E-state index is 13.2. The summed E-state index contributed by atoms with van der Waals surface area (Å²) in [6.07, 6.45) is 3.94. The molecule has 3 aromatic rings. The van der Waals surface area contributed by atoms with Crippen molar-refractivity contribution in [2.45, 2.75) is 30.6 Å². The number of amides is 2. The number of benzene rings is 3. The van der Waals surface area contributed by atoms with Gasteiger partial charge in [0.1, 0.15) is 0 Å². The quantitative estimate of drug-likeness (QED) is 0.294. The Morgan fingerprint density at radius 1 is 0.976 bits per heavy atom. The summed E-state index contributed by atoms with van der Waals surface area (Å²) in [5.41, 5.74) is 2.70. The van der Waals surface area contributed by atoms with Crippen LogP contribution in [0.3, 0.4) is 0 Å². The van der Waals surface area contributed by atoms with E-state index in [2.05, 4.69) is 10.2 Å². The number of carbonyl (C=O) groups is 1. The summed E-state index contributed by atoms with van der Waals surface area (Å²) < 4.78 is 26.3. The smallest absolute Gasteiger partial charge is 0.326 e. The zero-order chi connectivity index (χ0) is 29.2. The number of para-hydroxylation sites is 1. The first-order chi connectivity index (χ1) is 19.8. The molecular weight excluding hydrogens is 560 g/mol. The Morgan fingerprint density at radius 2 is 1.63 bits per heavy atom. The second-order valence-electron chi connectivity index (χ2n) is 10.5. The molecule has 1 aliphatic rings. The third-order valence-electron chi connectivity index (χ3n) is 7.54. The van der Waals surface area contributed by atoms with E-state index < -0.39 is 10.0 Å². The van der Waals surface area contributed by atoms with Crippen LogP contribution in [-0.2, 0) is 16.4 Å². The van der Waals surface area contributed by atoms with Crippen molar-refractivity contribution in [1.29, 1.82) is 0 Å². The topological polar surface area (TPSA) is 93.2 Å². The van der Waals surface area contributed by atoms with Gasteiger partial charge in [0.15, 0.2) is 0 Å². The van der Waals surface area contributed by atoms with Crippen LogP contribution in [0, 0.1) is 5.92 Å². The highest BCUT2D eigenvalue weighted by molar-refractivity contribution is 7.89. The van der Waals surface area contributed by atoms with Gasteiger partial charge in [0.05, 0.1) is 11.5 Å². The van der Waals surface area contributed by atoms with E-state index in [9.17, 15) is 13.2 Å². The third kappa shape index (κ3) is 8.77. The van der Waals surface area contributed by atoms with Gasteiger partial charge in [-0.05, 0) is 105 Å². The number of rotatable bonds is 12. The van der Waals surface area contributed by atoms with E-state index >= 15 is 0 Å². The van der Waals surface area contributed by atoms with Gasteiger partial charge in [-0.1, -0.05) is 41.9 Å². The Morgan fingerprint density at radius 3 is 2.27 bits per heavy atom. The molecule has 0 aromatic heterocycles. The second kappa shape index (κ2) is 14.8. The lowest BCUT2D eigenvalue weighted by atomic mass is 9.90. The van der Waals surface area contributed by atoms with Gasteiger partial charge >= 0.3 is 6.03 Å². The molecule has 0 radical (unpaired) electrons. The molecule has 4 rings (SSSR count).